The highest BCUT2D eigenvalue weighted by molar-refractivity contribution is 5.95. The van der Waals surface area contributed by atoms with Crippen LogP contribution in [0.3, 0.4) is 0 Å². The van der Waals surface area contributed by atoms with Crippen molar-refractivity contribution in [2.75, 3.05) is 13.1 Å². The lowest BCUT2D eigenvalue weighted by Crippen LogP contribution is -2.44. The number of carbonyl (C=O) groups excluding carboxylic acids is 2. The number of rotatable bonds is 2. The monoisotopic (exact) mass is 262 g/mol. The van der Waals surface area contributed by atoms with Crippen molar-refractivity contribution in [2.24, 2.45) is 11.7 Å². The standard InChI is InChI=1S/C14H18N2O3/c1-9-7-10(4-5-12(9)17)14(19)16-6-2-3-11(8-16)13(15)18/h4-5,7,11,17H,2-3,6,8H2,1H3,(H2,15,18). The Balaban J connectivity index is 2.14. The predicted molar refractivity (Wildman–Crippen MR) is 70.7 cm³/mol. The summed E-state index contributed by atoms with van der Waals surface area (Å²) in [6.45, 7) is 2.77. The molecule has 1 aliphatic rings. The quantitative estimate of drug-likeness (QED) is 0.835. The molecule has 19 heavy (non-hydrogen) atoms. The highest BCUT2D eigenvalue weighted by Gasteiger charge is 2.27. The fourth-order valence-electron chi connectivity index (χ4n) is 2.36. The number of hydrogen-bond acceptors (Lipinski definition) is 3. The third kappa shape index (κ3) is 2.86. The minimum atomic E-state index is -0.348. The molecular formula is C14H18N2O3. The minimum Gasteiger partial charge on any atom is -0.508 e. The first-order chi connectivity index (χ1) is 8.99. The Bertz CT molecular complexity index is 513. The number of aromatic hydroxyl groups is 1. The normalized spacial score (nSPS) is 19.2. The minimum absolute atomic E-state index is 0.117. The Labute approximate surface area is 112 Å². The summed E-state index contributed by atoms with van der Waals surface area (Å²) in [7, 11) is 0. The molecule has 3 N–H and O–H groups in total. The lowest BCUT2D eigenvalue weighted by Gasteiger charge is -2.31. The Morgan fingerprint density at radius 2 is 2.16 bits per heavy atom. The number of hydrogen-bond donors (Lipinski definition) is 2. The van der Waals surface area contributed by atoms with Gasteiger partial charge in [0.1, 0.15) is 5.75 Å². The molecule has 0 spiro atoms. The first-order valence-electron chi connectivity index (χ1n) is 6.37. The van der Waals surface area contributed by atoms with Gasteiger partial charge in [0.15, 0.2) is 0 Å². The van der Waals surface area contributed by atoms with Crippen LogP contribution in [0, 0.1) is 12.8 Å². The molecule has 1 unspecified atom stereocenters. The summed E-state index contributed by atoms with van der Waals surface area (Å²) in [4.78, 5) is 25.2. The average Bonchev–Trinajstić information content (AvgIpc) is 2.41. The number of piperidine rings is 1. The number of amides is 2. The van der Waals surface area contributed by atoms with Gasteiger partial charge in [-0.05, 0) is 43.5 Å². The predicted octanol–water partition coefficient (Wildman–Crippen LogP) is 1.04. The lowest BCUT2D eigenvalue weighted by molar-refractivity contribution is -0.123. The van der Waals surface area contributed by atoms with Crippen LogP contribution in [0.4, 0.5) is 0 Å². The Hall–Kier alpha value is -2.04. The molecule has 5 nitrogen and oxygen atoms in total. The van der Waals surface area contributed by atoms with Crippen molar-refractivity contribution in [3.05, 3.63) is 29.3 Å². The second-order valence-electron chi connectivity index (χ2n) is 4.99. The first-order valence-corrected chi connectivity index (χ1v) is 6.37. The molecule has 1 aliphatic heterocycles. The van der Waals surface area contributed by atoms with E-state index in [2.05, 4.69) is 0 Å². The number of benzene rings is 1. The zero-order valence-electron chi connectivity index (χ0n) is 10.9. The second-order valence-corrected chi connectivity index (χ2v) is 4.99. The Kier molecular flexibility index (Phi) is 3.74. The van der Waals surface area contributed by atoms with Crippen LogP contribution in [0.15, 0.2) is 18.2 Å². The van der Waals surface area contributed by atoms with Gasteiger partial charge in [-0.15, -0.1) is 0 Å². The van der Waals surface area contributed by atoms with E-state index in [4.69, 9.17) is 5.73 Å². The van der Waals surface area contributed by atoms with Gasteiger partial charge in [-0.25, -0.2) is 0 Å². The number of phenolic OH excluding ortho intramolecular Hbond substituents is 1. The summed E-state index contributed by atoms with van der Waals surface area (Å²) < 4.78 is 0. The van der Waals surface area contributed by atoms with E-state index in [1.807, 2.05) is 0 Å². The second kappa shape index (κ2) is 5.30. The number of nitrogens with zero attached hydrogens (tertiary/aromatic N) is 1. The lowest BCUT2D eigenvalue weighted by atomic mass is 9.96. The molecule has 2 rings (SSSR count). The number of nitrogens with two attached hydrogens (primary N) is 1. The molecule has 1 heterocycles. The van der Waals surface area contributed by atoms with Crippen molar-refractivity contribution < 1.29 is 14.7 Å². The zero-order chi connectivity index (χ0) is 14.0. The Morgan fingerprint density at radius 1 is 1.42 bits per heavy atom. The van der Waals surface area contributed by atoms with Crippen LogP contribution in [-0.2, 0) is 4.79 Å². The molecule has 0 radical (unpaired) electrons. The molecule has 0 bridgehead atoms. The molecule has 5 heteroatoms. The van der Waals surface area contributed by atoms with Crippen molar-refractivity contribution >= 4 is 11.8 Å². The van der Waals surface area contributed by atoms with Crippen molar-refractivity contribution in [3.63, 3.8) is 0 Å². The van der Waals surface area contributed by atoms with E-state index in [0.717, 1.165) is 12.8 Å². The number of carbonyl (C=O) groups is 2. The van der Waals surface area contributed by atoms with Gasteiger partial charge in [-0.1, -0.05) is 0 Å². The summed E-state index contributed by atoms with van der Waals surface area (Å²) in [6.07, 6.45) is 1.53. The molecule has 0 aromatic heterocycles. The van der Waals surface area contributed by atoms with E-state index < -0.39 is 0 Å². The number of phenols is 1. The van der Waals surface area contributed by atoms with Gasteiger partial charge in [-0.3, -0.25) is 9.59 Å². The number of primary amides is 1. The van der Waals surface area contributed by atoms with E-state index in [1.165, 1.54) is 6.07 Å². The van der Waals surface area contributed by atoms with Gasteiger partial charge in [0.05, 0.1) is 5.92 Å². The zero-order valence-corrected chi connectivity index (χ0v) is 10.9. The molecule has 102 valence electrons. The molecular weight excluding hydrogens is 244 g/mol. The Morgan fingerprint density at radius 3 is 2.79 bits per heavy atom. The largest absolute Gasteiger partial charge is 0.508 e. The van der Waals surface area contributed by atoms with Crippen LogP contribution in [0.2, 0.25) is 0 Å². The van der Waals surface area contributed by atoms with E-state index in [-0.39, 0.29) is 23.5 Å². The van der Waals surface area contributed by atoms with E-state index >= 15 is 0 Å². The highest BCUT2D eigenvalue weighted by Crippen LogP contribution is 2.21. The fourth-order valence-corrected chi connectivity index (χ4v) is 2.36. The summed E-state index contributed by atoms with van der Waals surface area (Å²) in [5.41, 5.74) is 6.49. The number of likely N-dealkylation sites (tertiary alicyclic amines) is 1. The van der Waals surface area contributed by atoms with Crippen molar-refractivity contribution in [1.29, 1.82) is 0 Å². The summed E-state index contributed by atoms with van der Waals surface area (Å²) in [5.74, 6) is -0.547. The third-order valence-corrected chi connectivity index (χ3v) is 3.55. The van der Waals surface area contributed by atoms with Gasteiger partial charge >= 0.3 is 0 Å². The molecule has 2 amide bonds. The van der Waals surface area contributed by atoms with E-state index in [0.29, 0.717) is 24.2 Å². The highest BCUT2D eigenvalue weighted by atomic mass is 16.3. The van der Waals surface area contributed by atoms with E-state index in [9.17, 15) is 14.7 Å². The first kappa shape index (κ1) is 13.4. The van der Waals surface area contributed by atoms with Gasteiger partial charge in [0.2, 0.25) is 5.91 Å². The fraction of sp³-hybridized carbons (Fsp3) is 0.429. The van der Waals surface area contributed by atoms with Crippen LogP contribution in [0.1, 0.15) is 28.8 Å². The topological polar surface area (TPSA) is 83.6 Å². The summed E-state index contributed by atoms with van der Waals surface area (Å²) in [6, 6.07) is 4.77. The summed E-state index contributed by atoms with van der Waals surface area (Å²) in [5, 5.41) is 9.46. The smallest absolute Gasteiger partial charge is 0.253 e. The average molecular weight is 262 g/mol. The molecule has 1 aromatic carbocycles. The van der Waals surface area contributed by atoms with Crippen molar-refractivity contribution in [1.82, 2.24) is 4.90 Å². The molecule has 1 fully saturated rings. The van der Waals surface area contributed by atoms with Gasteiger partial charge in [0.25, 0.3) is 5.91 Å². The summed E-state index contributed by atoms with van der Waals surface area (Å²) >= 11 is 0. The molecule has 1 aromatic rings. The molecule has 1 atom stereocenters. The maximum atomic E-state index is 12.3. The SMILES string of the molecule is Cc1cc(C(=O)N2CCCC(C(N)=O)C2)ccc1O. The van der Waals surface area contributed by atoms with Gasteiger partial charge in [0, 0.05) is 18.7 Å². The van der Waals surface area contributed by atoms with Crippen LogP contribution in [0.5, 0.6) is 5.75 Å². The molecule has 0 aliphatic carbocycles. The van der Waals surface area contributed by atoms with Crippen LogP contribution in [-0.4, -0.2) is 34.9 Å². The maximum absolute atomic E-state index is 12.3. The van der Waals surface area contributed by atoms with Crippen molar-refractivity contribution in [2.45, 2.75) is 19.8 Å². The molecule has 1 saturated heterocycles. The van der Waals surface area contributed by atoms with Gasteiger partial charge in [-0.2, -0.15) is 0 Å². The van der Waals surface area contributed by atoms with Crippen LogP contribution >= 0.6 is 0 Å². The number of aryl methyl sites for hydroxylation is 1. The maximum Gasteiger partial charge on any atom is 0.253 e. The molecule has 0 saturated carbocycles. The van der Waals surface area contributed by atoms with Crippen LogP contribution < -0.4 is 5.73 Å². The van der Waals surface area contributed by atoms with E-state index in [1.54, 1.807) is 24.0 Å². The third-order valence-electron chi connectivity index (χ3n) is 3.55. The van der Waals surface area contributed by atoms with Crippen LogP contribution in [0.25, 0.3) is 0 Å². The van der Waals surface area contributed by atoms with Gasteiger partial charge < -0.3 is 15.7 Å². The van der Waals surface area contributed by atoms with Crippen molar-refractivity contribution in [3.8, 4) is 5.75 Å².